The molecule has 85 heavy (non-hydrogen) atoms. The second-order valence-corrected chi connectivity index (χ2v) is 26.0. The molecule has 2 saturated heterocycles. The van der Waals surface area contributed by atoms with E-state index in [9.17, 15) is 28.8 Å². The quantitative estimate of drug-likeness (QED) is 0.0335. The fraction of sp³-hybridized carbons (Fsp3) is 0.460. The first kappa shape index (κ1) is 66.1. The summed E-state index contributed by atoms with van der Waals surface area (Å²) in [4.78, 5) is 86.7. The van der Waals surface area contributed by atoms with Crippen LogP contribution in [-0.2, 0) is 39.8 Å². The van der Waals surface area contributed by atoms with Crippen molar-refractivity contribution in [1.29, 1.82) is 0 Å². The number of likely N-dealkylation sites (tertiary alicyclic amines) is 2. The number of carbonyl (C=O) groups is 6. The van der Waals surface area contributed by atoms with Gasteiger partial charge in [0.25, 0.3) is 11.8 Å². The lowest BCUT2D eigenvalue weighted by Gasteiger charge is -2.39. The van der Waals surface area contributed by atoms with Crippen LogP contribution in [0.15, 0.2) is 140 Å². The van der Waals surface area contributed by atoms with Gasteiger partial charge in [0.2, 0.25) is 23.6 Å². The van der Waals surface area contributed by atoms with Gasteiger partial charge in [-0.15, -0.1) is 43.7 Å². The number of halogens is 8. The van der Waals surface area contributed by atoms with Gasteiger partial charge in [-0.2, -0.15) is 0 Å². The molecular weight excluding hydrogens is 1250 g/mol. The van der Waals surface area contributed by atoms with Crippen molar-refractivity contribution in [3.63, 3.8) is 0 Å². The number of nitrogens with one attached hydrogen (secondary N) is 2. The standard InChI is InChI=1S/C63H68Cl8N8O6/c1-3-5-7-9-11-13-15-17-21-40(64)27-38-29-52(80)78(60(38)84)44-23-19-25-62(36-44,54-48(68)31-42(66)32-49(54)69)72-56-46(58(82)76-74-56)35-47-57(75-77-59(47)83)73-63(55-50(70)33-43(67)34-51(55)71)26-20-24-45(37-63)79-53(81)30-39(61(79)85)28-41(65)22-18-16-14-12-10-8-6-4-2/h13-16,19-20,23-26,31-34,38-41,72-73H,3-12,17-18,21-22,27-30,35-37H2,1-2H3. The van der Waals surface area contributed by atoms with Crippen LogP contribution >= 0.6 is 92.8 Å². The minimum atomic E-state index is -1.53. The highest BCUT2D eigenvalue weighted by Crippen LogP contribution is 2.48. The number of allylic oxidation sites excluding steroid dienone is 8. The molecule has 2 aliphatic carbocycles. The molecule has 0 saturated carbocycles. The summed E-state index contributed by atoms with van der Waals surface area (Å²) in [6, 6.07) is 5.94. The zero-order valence-electron chi connectivity index (χ0n) is 47.4. The number of hydrogen-bond acceptors (Lipinski definition) is 10. The smallest absolute Gasteiger partial charge is 0.295 e. The van der Waals surface area contributed by atoms with Crippen molar-refractivity contribution >= 4 is 128 Å². The molecular formula is C63H68Cl8N8O6. The van der Waals surface area contributed by atoms with E-state index in [1.807, 2.05) is 0 Å². The molecule has 22 heteroatoms. The van der Waals surface area contributed by atoms with Crippen LogP contribution in [0.3, 0.4) is 0 Å². The second-order valence-electron chi connectivity index (χ2n) is 22.3. The lowest BCUT2D eigenvalue weighted by molar-refractivity contribution is -0.138. The molecule has 0 bridgehead atoms. The molecule has 6 amide bonds. The third kappa shape index (κ3) is 16.1. The van der Waals surface area contributed by atoms with E-state index in [1.54, 1.807) is 36.5 Å². The van der Waals surface area contributed by atoms with Gasteiger partial charge in [-0.3, -0.25) is 38.6 Å². The highest BCUT2D eigenvalue weighted by Gasteiger charge is 2.48. The average Bonchev–Trinajstić information content (AvgIpc) is 3.01. The number of benzene rings is 2. The largest absolute Gasteiger partial charge is 0.355 e. The molecule has 2 aromatic rings. The molecule has 0 radical (unpaired) electrons. The summed E-state index contributed by atoms with van der Waals surface area (Å²) in [6.07, 6.45) is 32.6. The van der Waals surface area contributed by atoms with Crippen molar-refractivity contribution in [1.82, 2.24) is 20.4 Å². The first-order chi connectivity index (χ1) is 40.8. The van der Waals surface area contributed by atoms with E-state index < -0.39 is 64.8 Å². The van der Waals surface area contributed by atoms with E-state index in [0.717, 1.165) is 48.3 Å². The van der Waals surface area contributed by atoms with Crippen LogP contribution in [0.4, 0.5) is 0 Å². The van der Waals surface area contributed by atoms with E-state index in [-0.39, 0.29) is 100 Å². The number of imide groups is 2. The summed E-state index contributed by atoms with van der Waals surface area (Å²) in [7, 11) is 0. The van der Waals surface area contributed by atoms with Gasteiger partial charge in [0, 0.05) is 107 Å². The maximum absolute atomic E-state index is 14.3. The molecule has 0 aromatic heterocycles. The number of unbranched alkanes of at least 4 members (excludes halogenated alkanes) is 8. The SMILES string of the molecule is CCCCCCC=CCCC(Cl)CC1CC(=O)N(C2=CC=CC(NC3=C(CC4=C(NC5(c6c(Cl)cc(Cl)cc6Cl)C=CC=C(N6C(=O)CC(CC(Cl)CCC=CCCCCCC)C6=O)C5)N=NC4=O)C(=O)N=N3)(c3c(Cl)cc(Cl)cc3Cl)C2)C1=O. The number of rotatable bonds is 30. The Morgan fingerprint density at radius 1 is 0.541 bits per heavy atom. The van der Waals surface area contributed by atoms with E-state index >= 15 is 0 Å². The van der Waals surface area contributed by atoms with Gasteiger partial charge in [0.05, 0.1) is 22.2 Å². The van der Waals surface area contributed by atoms with Gasteiger partial charge in [-0.05, 0) is 101 Å². The van der Waals surface area contributed by atoms with E-state index in [2.05, 4.69) is 69.2 Å². The molecule has 2 aromatic carbocycles. The summed E-state index contributed by atoms with van der Waals surface area (Å²) < 4.78 is 0. The number of carbonyl (C=O) groups excluding carboxylic acids is 6. The predicted octanol–water partition coefficient (Wildman–Crippen LogP) is 17.7. The van der Waals surface area contributed by atoms with Crippen molar-refractivity contribution < 1.29 is 28.8 Å². The Kier molecular flexibility index (Phi) is 23.6. The number of amides is 6. The van der Waals surface area contributed by atoms with Crippen molar-refractivity contribution in [3.05, 3.63) is 160 Å². The molecule has 4 heterocycles. The lowest BCUT2D eigenvalue weighted by Crippen LogP contribution is -2.45. The number of azo groups is 2. The van der Waals surface area contributed by atoms with Gasteiger partial charge in [-0.1, -0.05) is 171 Å². The third-order valence-corrected chi connectivity index (χ3v) is 18.4. The van der Waals surface area contributed by atoms with E-state index in [1.165, 1.54) is 62.8 Å². The Morgan fingerprint density at radius 2 is 0.918 bits per heavy atom. The van der Waals surface area contributed by atoms with Gasteiger partial charge in [0.15, 0.2) is 11.6 Å². The summed E-state index contributed by atoms with van der Waals surface area (Å²) >= 11 is 54.5. The van der Waals surface area contributed by atoms with Crippen molar-refractivity contribution in [3.8, 4) is 0 Å². The Hall–Kier alpha value is -4.90. The van der Waals surface area contributed by atoms with Crippen molar-refractivity contribution in [2.45, 2.75) is 171 Å². The van der Waals surface area contributed by atoms with Gasteiger partial charge < -0.3 is 10.6 Å². The minimum absolute atomic E-state index is 0.0420. The maximum atomic E-state index is 14.3. The van der Waals surface area contributed by atoms with Gasteiger partial charge in [-0.25, -0.2) is 0 Å². The number of nitrogens with zero attached hydrogens (tertiary/aromatic N) is 6. The number of hydrogen-bond donors (Lipinski definition) is 2. The van der Waals surface area contributed by atoms with Crippen LogP contribution in [0.25, 0.3) is 0 Å². The summed E-state index contributed by atoms with van der Waals surface area (Å²) in [5, 5.41) is 23.2. The first-order valence-corrected chi connectivity index (χ1v) is 32.3. The first-order valence-electron chi connectivity index (χ1n) is 29.1. The number of alkyl halides is 2. The average molecular weight is 1320 g/mol. The molecule has 2 fully saturated rings. The van der Waals surface area contributed by atoms with Crippen LogP contribution in [0.2, 0.25) is 30.1 Å². The zero-order valence-corrected chi connectivity index (χ0v) is 53.4. The second kappa shape index (κ2) is 30.3. The third-order valence-electron chi connectivity index (χ3n) is 16.0. The van der Waals surface area contributed by atoms with Gasteiger partial charge >= 0.3 is 0 Å². The fourth-order valence-electron chi connectivity index (χ4n) is 11.7. The normalized spacial score (nSPS) is 23.2. The Balaban J connectivity index is 1.05. The van der Waals surface area contributed by atoms with E-state index in [4.69, 9.17) is 92.8 Å². The van der Waals surface area contributed by atoms with Crippen LogP contribution < -0.4 is 10.6 Å². The van der Waals surface area contributed by atoms with Crippen LogP contribution in [0.1, 0.15) is 160 Å². The van der Waals surface area contributed by atoms with Crippen LogP contribution in [0.5, 0.6) is 0 Å². The van der Waals surface area contributed by atoms with Crippen molar-refractivity contribution in [2.75, 3.05) is 0 Å². The van der Waals surface area contributed by atoms with E-state index in [0.29, 0.717) is 37.1 Å². The van der Waals surface area contributed by atoms with Crippen LogP contribution in [-0.4, -0.2) is 56.0 Å². The molecule has 14 nitrogen and oxygen atoms in total. The monoisotopic (exact) mass is 1310 g/mol. The maximum Gasteiger partial charge on any atom is 0.295 e. The molecule has 6 unspecified atom stereocenters. The van der Waals surface area contributed by atoms with Gasteiger partial charge in [0.1, 0.15) is 0 Å². The minimum Gasteiger partial charge on any atom is -0.355 e. The fourth-order valence-corrected chi connectivity index (χ4v) is 14.7. The Bertz CT molecular complexity index is 3020. The Morgan fingerprint density at radius 3 is 1.29 bits per heavy atom. The highest BCUT2D eigenvalue weighted by molar-refractivity contribution is 6.40. The predicted molar refractivity (Wildman–Crippen MR) is 337 cm³/mol. The Labute approximate surface area is 536 Å². The summed E-state index contributed by atoms with van der Waals surface area (Å²) in [5.41, 5.74) is -2.12. The molecule has 6 aliphatic rings. The lowest BCUT2D eigenvalue weighted by atomic mass is 9.81. The molecule has 2 N–H and O–H groups in total. The topological polar surface area (TPSA) is 182 Å². The molecule has 8 rings (SSSR count). The highest BCUT2D eigenvalue weighted by atomic mass is 35.5. The van der Waals surface area contributed by atoms with Crippen molar-refractivity contribution in [2.24, 2.45) is 32.3 Å². The zero-order chi connectivity index (χ0) is 61.0. The van der Waals surface area contributed by atoms with Crippen LogP contribution in [0, 0.1) is 11.8 Å². The molecule has 0 spiro atoms. The summed E-state index contributed by atoms with van der Waals surface area (Å²) in [6.45, 7) is 4.36. The molecule has 4 aliphatic heterocycles. The summed E-state index contributed by atoms with van der Waals surface area (Å²) in [5.74, 6) is -4.77. The molecule has 6 atom stereocenters. The molecule has 452 valence electrons.